The fourth-order valence-electron chi connectivity index (χ4n) is 1.38. The SMILES string of the molecule is C/C(=N\N=C1/NC(=O)C(C)S1)c1ccc(Br)cc1. The summed E-state index contributed by atoms with van der Waals surface area (Å²) in [5, 5.41) is 11.3. The van der Waals surface area contributed by atoms with Crippen LogP contribution in [0.25, 0.3) is 0 Å². The Kier molecular flexibility index (Phi) is 4.19. The molecule has 6 heteroatoms. The van der Waals surface area contributed by atoms with Crippen LogP contribution in [0.1, 0.15) is 19.4 Å². The molecule has 1 heterocycles. The highest BCUT2D eigenvalue weighted by Gasteiger charge is 2.25. The van der Waals surface area contributed by atoms with E-state index < -0.39 is 0 Å². The van der Waals surface area contributed by atoms with Crippen LogP contribution in [0, 0.1) is 0 Å². The Bertz CT molecular complexity index is 525. The molecule has 0 radical (unpaired) electrons. The van der Waals surface area contributed by atoms with E-state index in [-0.39, 0.29) is 11.2 Å². The number of nitrogens with zero attached hydrogens (tertiary/aromatic N) is 2. The zero-order valence-corrected chi connectivity index (χ0v) is 12.4. The van der Waals surface area contributed by atoms with Gasteiger partial charge >= 0.3 is 0 Å². The number of benzene rings is 1. The van der Waals surface area contributed by atoms with Gasteiger partial charge in [0.15, 0.2) is 5.17 Å². The summed E-state index contributed by atoms with van der Waals surface area (Å²) in [7, 11) is 0. The summed E-state index contributed by atoms with van der Waals surface area (Å²) in [5.74, 6) is -0.0183. The van der Waals surface area contributed by atoms with Crippen LogP contribution in [-0.4, -0.2) is 22.0 Å². The molecule has 0 aliphatic carbocycles. The zero-order chi connectivity index (χ0) is 13.1. The monoisotopic (exact) mass is 325 g/mol. The molecule has 1 unspecified atom stereocenters. The Labute approximate surface area is 118 Å². The fourth-order valence-corrected chi connectivity index (χ4v) is 2.39. The van der Waals surface area contributed by atoms with Crippen LogP contribution in [0.2, 0.25) is 0 Å². The van der Waals surface area contributed by atoms with Gasteiger partial charge in [-0.25, -0.2) is 0 Å². The molecule has 1 fully saturated rings. The standard InChI is InChI=1S/C12H12BrN3OS/c1-7(9-3-5-10(13)6-4-9)15-16-12-14-11(17)8(2)18-12/h3-6,8H,1-2H3,(H,14,16,17)/b15-7+. The van der Waals surface area contributed by atoms with Crippen LogP contribution in [0.4, 0.5) is 0 Å². The first-order valence-electron chi connectivity index (χ1n) is 5.42. The van der Waals surface area contributed by atoms with Crippen molar-refractivity contribution in [1.29, 1.82) is 0 Å². The second kappa shape index (κ2) is 5.67. The molecule has 0 spiro atoms. The molecule has 94 valence electrons. The molecule has 1 N–H and O–H groups in total. The summed E-state index contributed by atoms with van der Waals surface area (Å²) >= 11 is 4.77. The van der Waals surface area contributed by atoms with Gasteiger partial charge in [0.05, 0.1) is 11.0 Å². The van der Waals surface area contributed by atoms with Crippen LogP contribution in [0.15, 0.2) is 38.9 Å². The van der Waals surface area contributed by atoms with Crippen LogP contribution >= 0.6 is 27.7 Å². The molecule has 1 aliphatic rings. The lowest BCUT2D eigenvalue weighted by atomic mass is 10.1. The summed E-state index contributed by atoms with van der Waals surface area (Å²) in [6.07, 6.45) is 0. The Balaban J connectivity index is 2.12. The average molecular weight is 326 g/mol. The third kappa shape index (κ3) is 3.20. The first-order chi connectivity index (χ1) is 8.56. The third-order valence-corrected chi connectivity index (χ3v) is 3.94. The second-order valence-corrected chi connectivity index (χ2v) is 6.09. The summed E-state index contributed by atoms with van der Waals surface area (Å²) in [4.78, 5) is 11.3. The number of carbonyl (C=O) groups is 1. The molecule has 0 bridgehead atoms. The lowest BCUT2D eigenvalue weighted by Gasteiger charge is -1.98. The Morgan fingerprint density at radius 1 is 1.39 bits per heavy atom. The van der Waals surface area contributed by atoms with Crippen molar-refractivity contribution in [2.24, 2.45) is 10.2 Å². The summed E-state index contributed by atoms with van der Waals surface area (Å²) in [5.41, 5.74) is 1.81. The van der Waals surface area contributed by atoms with E-state index in [1.54, 1.807) is 0 Å². The van der Waals surface area contributed by atoms with Crippen molar-refractivity contribution in [2.45, 2.75) is 19.1 Å². The minimum atomic E-state index is -0.0908. The number of amidine groups is 1. The first kappa shape index (κ1) is 13.3. The van der Waals surface area contributed by atoms with E-state index in [9.17, 15) is 4.79 Å². The molecular weight excluding hydrogens is 314 g/mol. The van der Waals surface area contributed by atoms with Gasteiger partial charge in [-0.3, -0.25) is 4.79 Å². The van der Waals surface area contributed by atoms with Gasteiger partial charge in [0.2, 0.25) is 5.91 Å². The molecule has 1 saturated heterocycles. The molecule has 4 nitrogen and oxygen atoms in total. The van der Waals surface area contributed by atoms with Gasteiger partial charge in [0.1, 0.15) is 0 Å². The number of nitrogens with one attached hydrogen (secondary N) is 1. The molecule has 1 aliphatic heterocycles. The van der Waals surface area contributed by atoms with Gasteiger partial charge < -0.3 is 5.32 Å². The smallest absolute Gasteiger partial charge is 0.239 e. The molecule has 2 rings (SSSR count). The molecule has 1 atom stereocenters. The van der Waals surface area contributed by atoms with Crippen LogP contribution in [0.3, 0.4) is 0 Å². The third-order valence-electron chi connectivity index (χ3n) is 2.44. The highest BCUT2D eigenvalue weighted by Crippen LogP contribution is 2.18. The highest BCUT2D eigenvalue weighted by molar-refractivity contribution is 9.10. The second-order valence-electron chi connectivity index (χ2n) is 3.85. The van der Waals surface area contributed by atoms with Gasteiger partial charge in [-0.2, -0.15) is 5.10 Å². The molecule has 0 aromatic heterocycles. The summed E-state index contributed by atoms with van der Waals surface area (Å²) in [6.45, 7) is 3.73. The van der Waals surface area contributed by atoms with E-state index in [0.29, 0.717) is 5.17 Å². The summed E-state index contributed by atoms with van der Waals surface area (Å²) < 4.78 is 1.03. The molecule has 1 aromatic rings. The van der Waals surface area contributed by atoms with Crippen molar-refractivity contribution >= 4 is 44.5 Å². The van der Waals surface area contributed by atoms with Crippen LogP contribution in [-0.2, 0) is 4.79 Å². The van der Waals surface area contributed by atoms with E-state index >= 15 is 0 Å². The Morgan fingerprint density at radius 2 is 2.06 bits per heavy atom. The van der Waals surface area contributed by atoms with E-state index in [2.05, 4.69) is 31.4 Å². The van der Waals surface area contributed by atoms with E-state index in [4.69, 9.17) is 0 Å². The van der Waals surface area contributed by atoms with Crippen molar-refractivity contribution in [3.63, 3.8) is 0 Å². The maximum absolute atomic E-state index is 11.3. The lowest BCUT2D eigenvalue weighted by molar-refractivity contribution is -0.118. The molecule has 18 heavy (non-hydrogen) atoms. The topological polar surface area (TPSA) is 53.8 Å². The number of thioether (sulfide) groups is 1. The number of carbonyl (C=O) groups excluding carboxylic acids is 1. The maximum Gasteiger partial charge on any atom is 0.239 e. The van der Waals surface area contributed by atoms with Crippen molar-refractivity contribution in [3.05, 3.63) is 34.3 Å². The van der Waals surface area contributed by atoms with Crippen molar-refractivity contribution < 1.29 is 4.79 Å². The minimum Gasteiger partial charge on any atom is -0.303 e. The predicted octanol–water partition coefficient (Wildman–Crippen LogP) is 2.78. The van der Waals surface area contributed by atoms with E-state index in [0.717, 1.165) is 15.7 Å². The van der Waals surface area contributed by atoms with Crippen molar-refractivity contribution in [3.8, 4) is 0 Å². The fraction of sp³-hybridized carbons (Fsp3) is 0.250. The lowest BCUT2D eigenvalue weighted by Crippen LogP contribution is -2.23. The van der Waals surface area contributed by atoms with E-state index in [1.807, 2.05) is 38.1 Å². The van der Waals surface area contributed by atoms with Crippen molar-refractivity contribution in [1.82, 2.24) is 5.32 Å². The molecule has 1 aromatic carbocycles. The van der Waals surface area contributed by atoms with Gasteiger partial charge in [0.25, 0.3) is 0 Å². The van der Waals surface area contributed by atoms with Gasteiger partial charge in [-0.15, -0.1) is 5.10 Å². The Hall–Kier alpha value is -1.14. The quantitative estimate of drug-likeness (QED) is 0.671. The van der Waals surface area contributed by atoms with Gasteiger partial charge in [-0.1, -0.05) is 39.8 Å². The summed E-state index contributed by atoms with van der Waals surface area (Å²) in [6, 6.07) is 7.84. The average Bonchev–Trinajstić information content (AvgIpc) is 2.67. The minimum absolute atomic E-state index is 0.0183. The zero-order valence-electron chi connectivity index (χ0n) is 9.98. The van der Waals surface area contributed by atoms with Crippen LogP contribution in [0.5, 0.6) is 0 Å². The van der Waals surface area contributed by atoms with Gasteiger partial charge in [-0.05, 0) is 31.5 Å². The highest BCUT2D eigenvalue weighted by atomic mass is 79.9. The number of amides is 1. The number of hydrogen-bond donors (Lipinski definition) is 1. The predicted molar refractivity (Wildman–Crippen MR) is 79.0 cm³/mol. The maximum atomic E-state index is 11.3. The molecular formula is C12H12BrN3OS. The number of rotatable bonds is 2. The number of hydrogen-bond acceptors (Lipinski definition) is 4. The number of halogens is 1. The van der Waals surface area contributed by atoms with E-state index in [1.165, 1.54) is 11.8 Å². The largest absolute Gasteiger partial charge is 0.303 e. The van der Waals surface area contributed by atoms with Crippen LogP contribution < -0.4 is 5.32 Å². The van der Waals surface area contributed by atoms with Crippen molar-refractivity contribution in [2.75, 3.05) is 0 Å². The molecule has 1 amide bonds. The first-order valence-corrected chi connectivity index (χ1v) is 7.09. The molecule has 0 saturated carbocycles. The Morgan fingerprint density at radius 3 is 2.61 bits per heavy atom. The normalized spacial score (nSPS) is 22.4. The van der Waals surface area contributed by atoms with Gasteiger partial charge in [0, 0.05) is 4.47 Å².